The molecule has 0 aromatic carbocycles. The minimum Gasteiger partial charge on any atom is -0.229 e. The van der Waals surface area contributed by atoms with Crippen molar-refractivity contribution in [3.63, 3.8) is 0 Å². The lowest BCUT2D eigenvalue weighted by Gasteiger charge is -2.22. The number of hydrogen-bond acceptors (Lipinski definition) is 4. The highest BCUT2D eigenvalue weighted by Gasteiger charge is 2.24. The van der Waals surface area contributed by atoms with E-state index in [1.807, 2.05) is 34.6 Å². The van der Waals surface area contributed by atoms with E-state index in [0.29, 0.717) is 0 Å². The van der Waals surface area contributed by atoms with Crippen molar-refractivity contribution < 1.29 is 16.8 Å². The van der Waals surface area contributed by atoms with Gasteiger partial charge < -0.3 is 0 Å². The predicted molar refractivity (Wildman–Crippen MR) is 95.3 cm³/mol. The Morgan fingerprint density at radius 3 is 1.27 bits per heavy atom. The molecule has 0 saturated carbocycles. The fraction of sp³-hybridized carbons (Fsp3) is 1.00. The van der Waals surface area contributed by atoms with E-state index in [4.69, 9.17) is 0 Å². The van der Waals surface area contributed by atoms with Crippen LogP contribution < -0.4 is 0 Å². The molecule has 0 fully saturated rings. The van der Waals surface area contributed by atoms with E-state index in [2.05, 4.69) is 0 Å². The highest BCUT2D eigenvalue weighted by molar-refractivity contribution is 7.92. The molecule has 0 aromatic rings. The van der Waals surface area contributed by atoms with E-state index >= 15 is 0 Å². The van der Waals surface area contributed by atoms with Crippen molar-refractivity contribution in [1.29, 1.82) is 0 Å². The molecular weight excluding hydrogens is 322 g/mol. The van der Waals surface area contributed by atoms with Crippen molar-refractivity contribution >= 4 is 19.9 Å². The maximum absolute atomic E-state index is 11.4. The zero-order chi connectivity index (χ0) is 18.5. The molecule has 5 nitrogen and oxygen atoms in total. The van der Waals surface area contributed by atoms with Gasteiger partial charge in [0.2, 0.25) is 10.0 Å². The zero-order valence-electron chi connectivity index (χ0n) is 15.8. The third-order valence-corrected chi connectivity index (χ3v) is 8.20. The van der Waals surface area contributed by atoms with E-state index in [1.165, 1.54) is 4.31 Å². The minimum atomic E-state index is -3.04. The molecule has 0 heterocycles. The van der Waals surface area contributed by atoms with Gasteiger partial charge in [-0.1, -0.05) is 20.8 Å². The summed E-state index contributed by atoms with van der Waals surface area (Å²) in [7, 11) is -4.29. The first-order valence-electron chi connectivity index (χ1n) is 7.63. The lowest BCUT2D eigenvalue weighted by molar-refractivity contribution is 0.406. The van der Waals surface area contributed by atoms with E-state index in [0.717, 1.165) is 0 Å². The summed E-state index contributed by atoms with van der Waals surface area (Å²) < 4.78 is 46.9. The second-order valence-electron chi connectivity index (χ2n) is 7.62. The van der Waals surface area contributed by atoms with E-state index in [-0.39, 0.29) is 27.7 Å². The Morgan fingerprint density at radius 1 is 0.818 bits per heavy atom. The van der Waals surface area contributed by atoms with Gasteiger partial charge in [-0.25, -0.2) is 21.1 Å². The molecule has 0 bridgehead atoms. The van der Waals surface area contributed by atoms with Crippen molar-refractivity contribution in [3.05, 3.63) is 0 Å². The van der Waals surface area contributed by atoms with Crippen molar-refractivity contribution in [1.82, 2.24) is 4.31 Å². The minimum absolute atomic E-state index is 0.0439. The van der Waals surface area contributed by atoms with Crippen LogP contribution in [0.4, 0.5) is 0 Å². The van der Waals surface area contributed by atoms with Gasteiger partial charge in [0.1, 0.15) is 0 Å². The Morgan fingerprint density at radius 2 is 1.18 bits per heavy atom. The maximum Gasteiger partial charge on any atom is 0.216 e. The molecule has 0 atom stereocenters. The second-order valence-corrected chi connectivity index (χ2v) is 12.7. The largest absolute Gasteiger partial charge is 0.229 e. The van der Waals surface area contributed by atoms with Crippen LogP contribution in [0.25, 0.3) is 0 Å². The Labute approximate surface area is 138 Å². The lowest BCUT2D eigenvalue weighted by atomic mass is 10.0. The SMILES string of the molecule is CC(C)N(C)S(=O)(=O)C(C)C.CC(C)S(=O)(=O)CC(C)(C)C. The van der Waals surface area contributed by atoms with Crippen LogP contribution >= 0.6 is 0 Å². The van der Waals surface area contributed by atoms with Crippen LogP contribution in [0.5, 0.6) is 0 Å². The number of nitrogens with zero attached hydrogens (tertiary/aromatic N) is 1. The van der Waals surface area contributed by atoms with Gasteiger partial charge in [-0.15, -0.1) is 0 Å². The molecule has 0 aromatic heterocycles. The quantitative estimate of drug-likeness (QED) is 0.758. The fourth-order valence-corrected chi connectivity index (χ4v) is 4.19. The molecule has 0 unspecified atom stereocenters. The number of sulfonamides is 1. The summed E-state index contributed by atoms with van der Waals surface area (Å²) in [4.78, 5) is 0. The molecule has 0 rings (SSSR count). The van der Waals surface area contributed by atoms with E-state index in [9.17, 15) is 16.8 Å². The van der Waals surface area contributed by atoms with Gasteiger partial charge in [0.15, 0.2) is 9.84 Å². The smallest absolute Gasteiger partial charge is 0.216 e. The number of sulfone groups is 1. The van der Waals surface area contributed by atoms with Crippen molar-refractivity contribution in [2.75, 3.05) is 12.8 Å². The average molecular weight is 358 g/mol. The summed E-state index contributed by atoms with van der Waals surface area (Å²) in [6.45, 7) is 16.4. The molecule has 0 aliphatic heterocycles. The van der Waals surface area contributed by atoms with E-state index < -0.39 is 19.9 Å². The summed E-state index contributed by atoms with van der Waals surface area (Å²) in [6.07, 6.45) is 0. The van der Waals surface area contributed by atoms with Crippen LogP contribution in [-0.4, -0.2) is 50.5 Å². The standard InChI is InChI=1S/C8H18O2S.C7H17NO2S/c1-7(2)11(9,10)6-8(3,4)5;1-6(2)8(5)11(9,10)7(3)4/h7H,6H2,1-5H3;6-7H,1-5H3. The molecule has 0 amide bonds. The summed E-state index contributed by atoms with van der Waals surface area (Å²) >= 11 is 0. The zero-order valence-corrected chi connectivity index (χ0v) is 17.5. The molecular formula is C15H35NO4S2. The first-order valence-corrected chi connectivity index (χ1v) is 10.9. The number of rotatable bonds is 5. The van der Waals surface area contributed by atoms with Gasteiger partial charge in [-0.05, 0) is 47.0 Å². The van der Waals surface area contributed by atoms with Crippen LogP contribution in [0.1, 0.15) is 62.3 Å². The average Bonchev–Trinajstić information content (AvgIpc) is 2.24. The van der Waals surface area contributed by atoms with E-state index in [1.54, 1.807) is 34.7 Å². The summed E-state index contributed by atoms with van der Waals surface area (Å²) in [5.74, 6) is 0.275. The summed E-state index contributed by atoms with van der Waals surface area (Å²) in [5.41, 5.74) is -0.122. The molecule has 136 valence electrons. The third kappa shape index (κ3) is 9.10. The van der Waals surface area contributed by atoms with Crippen LogP contribution in [-0.2, 0) is 19.9 Å². The van der Waals surface area contributed by atoms with Gasteiger partial charge >= 0.3 is 0 Å². The molecule has 0 N–H and O–H groups in total. The van der Waals surface area contributed by atoms with Crippen molar-refractivity contribution in [2.45, 2.75) is 78.9 Å². The summed E-state index contributed by atoms with van der Waals surface area (Å²) in [6, 6.07) is 0.0439. The van der Waals surface area contributed by atoms with Gasteiger partial charge in [0, 0.05) is 13.1 Å². The van der Waals surface area contributed by atoms with Crippen LogP contribution in [0.15, 0.2) is 0 Å². The van der Waals surface area contributed by atoms with Crippen LogP contribution in [0, 0.1) is 5.41 Å². The molecule has 7 heteroatoms. The van der Waals surface area contributed by atoms with Crippen LogP contribution in [0.2, 0.25) is 0 Å². The molecule has 0 aliphatic rings. The molecule has 0 aliphatic carbocycles. The molecule has 0 radical (unpaired) electrons. The highest BCUT2D eigenvalue weighted by Crippen LogP contribution is 2.18. The Kier molecular flexibility index (Phi) is 9.47. The predicted octanol–water partition coefficient (Wildman–Crippen LogP) is 2.92. The lowest BCUT2D eigenvalue weighted by Crippen LogP contribution is -2.37. The first-order chi connectivity index (χ1) is 9.45. The molecule has 22 heavy (non-hydrogen) atoms. The fourth-order valence-electron chi connectivity index (χ4n) is 1.40. The second kappa shape index (κ2) is 8.64. The normalized spacial score (nSPS) is 13.7. The topological polar surface area (TPSA) is 71.5 Å². The van der Waals surface area contributed by atoms with Gasteiger partial charge in [0.25, 0.3) is 0 Å². The molecule has 0 spiro atoms. The van der Waals surface area contributed by atoms with Gasteiger partial charge in [-0.2, -0.15) is 0 Å². The maximum atomic E-state index is 11.4. The highest BCUT2D eigenvalue weighted by atomic mass is 32.2. The van der Waals surface area contributed by atoms with Crippen LogP contribution in [0.3, 0.4) is 0 Å². The Balaban J connectivity index is 0. The summed E-state index contributed by atoms with van der Waals surface area (Å²) in [5, 5.41) is -0.573. The van der Waals surface area contributed by atoms with Gasteiger partial charge in [-0.3, -0.25) is 0 Å². The molecule has 0 saturated heterocycles. The monoisotopic (exact) mass is 357 g/mol. The van der Waals surface area contributed by atoms with Crippen molar-refractivity contribution in [2.24, 2.45) is 5.41 Å². The Bertz CT molecular complexity index is 512. The third-order valence-electron chi connectivity index (χ3n) is 3.08. The number of hydrogen-bond donors (Lipinski definition) is 0. The first kappa shape index (κ1) is 24.1. The van der Waals surface area contributed by atoms with Gasteiger partial charge in [0.05, 0.1) is 16.3 Å². The Hall–Kier alpha value is -0.140. The van der Waals surface area contributed by atoms with Crippen molar-refractivity contribution in [3.8, 4) is 0 Å².